The van der Waals surface area contributed by atoms with Crippen LogP contribution in [0.3, 0.4) is 0 Å². The van der Waals surface area contributed by atoms with Gasteiger partial charge in [0.15, 0.2) is 0 Å². The van der Waals surface area contributed by atoms with Crippen molar-refractivity contribution in [3.63, 3.8) is 0 Å². The fraction of sp³-hybridized carbons (Fsp3) is 0.385. The molecule has 0 unspecified atom stereocenters. The van der Waals surface area contributed by atoms with Crippen molar-refractivity contribution in [3.8, 4) is 5.75 Å². The Labute approximate surface area is 91.6 Å². The molecular weight excluding hydrogens is 186 g/mol. The van der Waals surface area contributed by atoms with E-state index in [2.05, 4.69) is 25.7 Å². The van der Waals surface area contributed by atoms with Gasteiger partial charge in [0.25, 0.3) is 0 Å². The molecule has 15 heavy (non-hydrogen) atoms. The highest BCUT2D eigenvalue weighted by molar-refractivity contribution is 5.63. The molecule has 0 heterocycles. The average Bonchev–Trinajstić information content (AvgIpc) is 2.12. The van der Waals surface area contributed by atoms with E-state index in [-0.39, 0.29) is 5.75 Å². The van der Waals surface area contributed by atoms with Crippen molar-refractivity contribution in [2.24, 2.45) is 5.92 Å². The van der Waals surface area contributed by atoms with Crippen molar-refractivity contribution in [3.05, 3.63) is 35.9 Å². The lowest BCUT2D eigenvalue weighted by Crippen LogP contribution is -2.17. The van der Waals surface area contributed by atoms with Gasteiger partial charge in [0, 0.05) is 17.8 Å². The summed E-state index contributed by atoms with van der Waals surface area (Å²) in [7, 11) is 0. The third-order valence-electron chi connectivity index (χ3n) is 2.13. The Kier molecular flexibility index (Phi) is 3.78. The molecule has 2 N–H and O–H groups in total. The third-order valence-corrected chi connectivity index (χ3v) is 2.13. The van der Waals surface area contributed by atoms with Crippen LogP contribution >= 0.6 is 0 Å². The zero-order valence-electron chi connectivity index (χ0n) is 9.67. The van der Waals surface area contributed by atoms with E-state index in [9.17, 15) is 5.11 Å². The van der Waals surface area contributed by atoms with E-state index in [1.54, 1.807) is 12.1 Å². The summed E-state index contributed by atoms with van der Waals surface area (Å²) in [6, 6.07) is 5.47. The fourth-order valence-electron chi connectivity index (χ4n) is 1.37. The van der Waals surface area contributed by atoms with E-state index >= 15 is 0 Å². The van der Waals surface area contributed by atoms with Crippen molar-refractivity contribution < 1.29 is 5.11 Å². The summed E-state index contributed by atoms with van der Waals surface area (Å²) in [5.74, 6) is 0.873. The molecule has 0 aliphatic carbocycles. The first-order valence-corrected chi connectivity index (χ1v) is 5.23. The molecule has 0 amide bonds. The molecule has 0 fully saturated rings. The van der Waals surface area contributed by atoms with E-state index in [4.69, 9.17) is 0 Å². The minimum atomic E-state index is 0.289. The molecule has 0 spiro atoms. The lowest BCUT2D eigenvalue weighted by Gasteiger charge is -2.12. The number of phenolic OH excluding ortho intramolecular Hbond substituents is 1. The third kappa shape index (κ3) is 3.66. The van der Waals surface area contributed by atoms with Gasteiger partial charge in [0.1, 0.15) is 5.75 Å². The van der Waals surface area contributed by atoms with Gasteiger partial charge < -0.3 is 10.4 Å². The Balaban J connectivity index is 2.73. The minimum absolute atomic E-state index is 0.289. The van der Waals surface area contributed by atoms with Gasteiger partial charge in [-0.2, -0.15) is 0 Å². The van der Waals surface area contributed by atoms with E-state index in [1.165, 1.54) is 0 Å². The van der Waals surface area contributed by atoms with Crippen molar-refractivity contribution in [2.75, 3.05) is 6.54 Å². The summed E-state index contributed by atoms with van der Waals surface area (Å²) >= 11 is 0. The molecule has 2 heteroatoms. The van der Waals surface area contributed by atoms with Gasteiger partial charge in [-0.1, -0.05) is 20.4 Å². The molecule has 0 saturated carbocycles. The molecule has 0 aliphatic heterocycles. The van der Waals surface area contributed by atoms with Crippen LogP contribution in [0.2, 0.25) is 0 Å². The number of aryl methyl sites for hydroxylation is 1. The Morgan fingerprint density at radius 3 is 2.60 bits per heavy atom. The van der Waals surface area contributed by atoms with Gasteiger partial charge in [-0.05, 0) is 36.6 Å². The van der Waals surface area contributed by atoms with Gasteiger partial charge in [-0.25, -0.2) is 0 Å². The molecule has 0 atom stereocenters. The number of hydrogen-bond acceptors (Lipinski definition) is 2. The zero-order chi connectivity index (χ0) is 11.4. The Morgan fingerprint density at radius 2 is 2.07 bits per heavy atom. The molecule has 0 bridgehead atoms. The monoisotopic (exact) mass is 205 g/mol. The summed E-state index contributed by atoms with van der Waals surface area (Å²) in [5.41, 5.74) is 2.85. The highest BCUT2D eigenvalue weighted by atomic mass is 16.3. The minimum Gasteiger partial charge on any atom is -0.508 e. The van der Waals surface area contributed by atoms with E-state index in [0.717, 1.165) is 23.4 Å². The van der Waals surface area contributed by atoms with Crippen molar-refractivity contribution in [1.29, 1.82) is 0 Å². The van der Waals surface area contributed by atoms with Crippen LogP contribution in [0, 0.1) is 12.8 Å². The smallest absolute Gasteiger partial charge is 0.116 e. The average molecular weight is 205 g/mol. The summed E-state index contributed by atoms with van der Waals surface area (Å²) < 4.78 is 0. The molecule has 0 aliphatic rings. The van der Waals surface area contributed by atoms with Gasteiger partial charge in [0.05, 0.1) is 0 Å². The van der Waals surface area contributed by atoms with Crippen molar-refractivity contribution in [1.82, 2.24) is 5.32 Å². The molecule has 0 saturated heterocycles. The highest BCUT2D eigenvalue weighted by Crippen LogP contribution is 2.19. The van der Waals surface area contributed by atoms with Crippen LogP contribution < -0.4 is 5.32 Å². The lowest BCUT2D eigenvalue weighted by atomic mass is 10.1. The summed E-state index contributed by atoms with van der Waals surface area (Å²) in [5, 5.41) is 12.7. The second-order valence-electron chi connectivity index (χ2n) is 4.31. The number of benzene rings is 1. The predicted molar refractivity (Wildman–Crippen MR) is 64.7 cm³/mol. The molecule has 1 aromatic rings. The highest BCUT2D eigenvalue weighted by Gasteiger charge is 2.02. The summed E-state index contributed by atoms with van der Waals surface area (Å²) in [6.45, 7) is 11.1. The molecule has 0 aromatic heterocycles. The Bertz CT molecular complexity index is 335. The zero-order valence-corrected chi connectivity index (χ0v) is 9.67. The predicted octanol–water partition coefficient (Wildman–Crippen LogP) is 2.92. The first-order chi connectivity index (χ1) is 6.99. The maximum Gasteiger partial charge on any atom is 0.116 e. The van der Waals surface area contributed by atoms with E-state index in [0.29, 0.717) is 5.92 Å². The Hall–Kier alpha value is -1.44. The molecular formula is C13H19NO. The van der Waals surface area contributed by atoms with Crippen LogP contribution in [0.15, 0.2) is 24.8 Å². The van der Waals surface area contributed by atoms with Crippen LogP contribution in [-0.4, -0.2) is 11.7 Å². The molecule has 82 valence electrons. The van der Waals surface area contributed by atoms with Crippen LogP contribution in [0.5, 0.6) is 5.75 Å². The fourth-order valence-corrected chi connectivity index (χ4v) is 1.37. The first-order valence-electron chi connectivity index (χ1n) is 5.23. The summed E-state index contributed by atoms with van der Waals surface area (Å²) in [6.07, 6.45) is 0. The number of hydrogen-bond donors (Lipinski definition) is 2. The maximum absolute atomic E-state index is 9.45. The van der Waals surface area contributed by atoms with Crippen LogP contribution in [0.4, 0.5) is 0 Å². The van der Waals surface area contributed by atoms with Crippen molar-refractivity contribution in [2.45, 2.75) is 20.8 Å². The first kappa shape index (κ1) is 11.6. The second kappa shape index (κ2) is 4.87. The molecule has 1 aromatic carbocycles. The number of aromatic hydroxyl groups is 1. The van der Waals surface area contributed by atoms with Gasteiger partial charge >= 0.3 is 0 Å². The number of rotatable bonds is 4. The lowest BCUT2D eigenvalue weighted by molar-refractivity contribution is 0.474. The molecule has 1 rings (SSSR count). The largest absolute Gasteiger partial charge is 0.508 e. The number of nitrogens with one attached hydrogen (secondary N) is 1. The summed E-state index contributed by atoms with van der Waals surface area (Å²) in [4.78, 5) is 0. The van der Waals surface area contributed by atoms with E-state index in [1.807, 2.05) is 13.0 Å². The quantitative estimate of drug-likeness (QED) is 0.792. The van der Waals surface area contributed by atoms with Crippen molar-refractivity contribution >= 4 is 5.70 Å². The van der Waals surface area contributed by atoms with Gasteiger partial charge in [0.2, 0.25) is 0 Å². The van der Waals surface area contributed by atoms with E-state index < -0.39 is 0 Å². The normalized spacial score (nSPS) is 10.4. The standard InChI is InChI=1S/C13H19NO/c1-9(2)8-14-11(4)12-5-10(3)6-13(15)7-12/h5-7,9,14-15H,4,8H2,1-3H3. The van der Waals surface area contributed by atoms with Gasteiger partial charge in [-0.3, -0.25) is 0 Å². The molecule has 2 nitrogen and oxygen atoms in total. The van der Waals surface area contributed by atoms with Crippen LogP contribution in [0.1, 0.15) is 25.0 Å². The van der Waals surface area contributed by atoms with Crippen LogP contribution in [0.25, 0.3) is 5.70 Å². The topological polar surface area (TPSA) is 32.3 Å². The van der Waals surface area contributed by atoms with Crippen LogP contribution in [-0.2, 0) is 0 Å². The maximum atomic E-state index is 9.45. The number of phenols is 1. The van der Waals surface area contributed by atoms with Gasteiger partial charge in [-0.15, -0.1) is 0 Å². The second-order valence-corrected chi connectivity index (χ2v) is 4.31. The molecule has 0 radical (unpaired) electrons. The Morgan fingerprint density at radius 1 is 1.40 bits per heavy atom. The SMILES string of the molecule is C=C(NCC(C)C)c1cc(C)cc(O)c1.